The van der Waals surface area contributed by atoms with E-state index in [0.717, 1.165) is 22.5 Å². The Balaban J connectivity index is 1.84. The maximum absolute atomic E-state index is 5.83. The van der Waals surface area contributed by atoms with Crippen LogP contribution in [0.15, 0.2) is 48.7 Å². The quantitative estimate of drug-likeness (QED) is 0.713. The topological polar surface area (TPSA) is 27.1 Å². The summed E-state index contributed by atoms with van der Waals surface area (Å²) >= 11 is 0. The Labute approximate surface area is 112 Å². The Morgan fingerprint density at radius 3 is 2.84 bits per heavy atom. The summed E-state index contributed by atoms with van der Waals surface area (Å²) in [6.45, 7) is 2.61. The van der Waals surface area contributed by atoms with E-state index >= 15 is 0 Å². The molecule has 0 aliphatic rings. The molecule has 96 valence electrons. The van der Waals surface area contributed by atoms with Gasteiger partial charge in [0.1, 0.15) is 12.4 Å². The molecule has 0 saturated carbocycles. The number of fused-ring (bicyclic) bond motifs is 1. The zero-order valence-corrected chi connectivity index (χ0v) is 11.1. The highest BCUT2D eigenvalue weighted by atomic mass is 16.5. The maximum Gasteiger partial charge on any atom is 0.128 e. The monoisotopic (exact) mass is 252 g/mol. The Kier molecular flexibility index (Phi) is 2.95. The summed E-state index contributed by atoms with van der Waals surface area (Å²) in [7, 11) is 2.04. The highest BCUT2D eigenvalue weighted by molar-refractivity contribution is 5.76. The number of nitrogens with zero attached hydrogens (tertiary/aromatic N) is 2. The standard InChI is InChI=1S/C16H16N2O/c1-12-5-3-6-14(9-12)19-11-13-10-15-16(18(13)2)7-4-8-17-15/h3-10H,11H2,1-2H3. The van der Waals surface area contributed by atoms with E-state index in [0.29, 0.717) is 6.61 Å². The minimum atomic E-state index is 0.552. The molecular formula is C16H16N2O. The van der Waals surface area contributed by atoms with Crippen molar-refractivity contribution in [2.45, 2.75) is 13.5 Å². The molecule has 2 aromatic heterocycles. The van der Waals surface area contributed by atoms with Gasteiger partial charge in [-0.05, 0) is 42.8 Å². The van der Waals surface area contributed by atoms with E-state index in [4.69, 9.17) is 4.74 Å². The lowest BCUT2D eigenvalue weighted by atomic mass is 10.2. The van der Waals surface area contributed by atoms with E-state index < -0.39 is 0 Å². The molecule has 2 heterocycles. The Morgan fingerprint density at radius 2 is 2.05 bits per heavy atom. The third-order valence-electron chi connectivity index (χ3n) is 3.29. The van der Waals surface area contributed by atoms with Gasteiger partial charge in [0.15, 0.2) is 0 Å². The number of aryl methyl sites for hydroxylation is 2. The molecule has 0 aliphatic heterocycles. The van der Waals surface area contributed by atoms with E-state index in [1.807, 2.05) is 37.5 Å². The predicted molar refractivity (Wildman–Crippen MR) is 76.2 cm³/mol. The van der Waals surface area contributed by atoms with Crippen molar-refractivity contribution in [1.29, 1.82) is 0 Å². The molecule has 3 rings (SSSR count). The molecule has 3 heteroatoms. The smallest absolute Gasteiger partial charge is 0.128 e. The van der Waals surface area contributed by atoms with Gasteiger partial charge in [0.05, 0.1) is 16.7 Å². The Hall–Kier alpha value is -2.29. The first-order valence-electron chi connectivity index (χ1n) is 6.33. The summed E-state index contributed by atoms with van der Waals surface area (Å²) in [4.78, 5) is 4.36. The van der Waals surface area contributed by atoms with E-state index in [2.05, 4.69) is 34.7 Å². The second-order valence-electron chi connectivity index (χ2n) is 4.71. The molecule has 0 radical (unpaired) electrons. The second kappa shape index (κ2) is 4.76. The van der Waals surface area contributed by atoms with Crippen LogP contribution < -0.4 is 4.74 Å². The molecule has 3 nitrogen and oxygen atoms in total. The van der Waals surface area contributed by atoms with Crippen LogP contribution in [-0.4, -0.2) is 9.55 Å². The fourth-order valence-corrected chi connectivity index (χ4v) is 2.21. The average Bonchev–Trinajstić information content (AvgIpc) is 2.74. The van der Waals surface area contributed by atoms with Crippen LogP contribution in [0.25, 0.3) is 11.0 Å². The van der Waals surface area contributed by atoms with E-state index in [9.17, 15) is 0 Å². The molecule has 0 fully saturated rings. The number of ether oxygens (including phenoxy) is 1. The minimum absolute atomic E-state index is 0.552. The lowest BCUT2D eigenvalue weighted by molar-refractivity contribution is 0.297. The maximum atomic E-state index is 5.83. The van der Waals surface area contributed by atoms with Crippen LogP contribution in [0.1, 0.15) is 11.3 Å². The van der Waals surface area contributed by atoms with Gasteiger partial charge in [0.2, 0.25) is 0 Å². The van der Waals surface area contributed by atoms with Crippen molar-refractivity contribution in [3.05, 3.63) is 59.9 Å². The largest absolute Gasteiger partial charge is 0.487 e. The average molecular weight is 252 g/mol. The van der Waals surface area contributed by atoms with Crippen molar-refractivity contribution in [2.75, 3.05) is 0 Å². The summed E-state index contributed by atoms with van der Waals surface area (Å²) in [5.74, 6) is 0.901. The molecule has 0 spiro atoms. The van der Waals surface area contributed by atoms with E-state index in [1.165, 1.54) is 5.56 Å². The van der Waals surface area contributed by atoms with Crippen LogP contribution in [0.3, 0.4) is 0 Å². The van der Waals surface area contributed by atoms with Gasteiger partial charge in [-0.15, -0.1) is 0 Å². The van der Waals surface area contributed by atoms with Crippen LogP contribution >= 0.6 is 0 Å². The highest BCUT2D eigenvalue weighted by Crippen LogP contribution is 2.19. The van der Waals surface area contributed by atoms with Gasteiger partial charge in [0, 0.05) is 13.2 Å². The number of hydrogen-bond donors (Lipinski definition) is 0. The lowest BCUT2D eigenvalue weighted by Crippen LogP contribution is -2.01. The van der Waals surface area contributed by atoms with E-state index in [1.54, 1.807) is 0 Å². The molecule has 3 aromatic rings. The first-order chi connectivity index (χ1) is 9.24. The summed E-state index contributed by atoms with van der Waals surface area (Å²) in [6.07, 6.45) is 1.81. The molecule has 0 atom stereocenters. The summed E-state index contributed by atoms with van der Waals surface area (Å²) in [5, 5.41) is 0. The van der Waals surface area contributed by atoms with Crippen molar-refractivity contribution in [1.82, 2.24) is 9.55 Å². The molecule has 0 bridgehead atoms. The third-order valence-corrected chi connectivity index (χ3v) is 3.29. The minimum Gasteiger partial charge on any atom is -0.487 e. The molecule has 19 heavy (non-hydrogen) atoms. The normalized spacial score (nSPS) is 10.8. The molecule has 0 unspecified atom stereocenters. The third kappa shape index (κ3) is 2.32. The molecular weight excluding hydrogens is 236 g/mol. The van der Waals surface area contributed by atoms with E-state index in [-0.39, 0.29) is 0 Å². The first-order valence-corrected chi connectivity index (χ1v) is 6.33. The van der Waals surface area contributed by atoms with Crippen molar-refractivity contribution in [3.63, 3.8) is 0 Å². The van der Waals surface area contributed by atoms with Crippen molar-refractivity contribution in [3.8, 4) is 5.75 Å². The SMILES string of the molecule is Cc1cccc(OCc2cc3ncccc3n2C)c1. The van der Waals surface area contributed by atoms with Gasteiger partial charge in [0.25, 0.3) is 0 Å². The molecule has 0 N–H and O–H groups in total. The number of benzene rings is 1. The number of pyridine rings is 1. The second-order valence-corrected chi connectivity index (χ2v) is 4.71. The van der Waals surface area contributed by atoms with Crippen LogP contribution in [0.2, 0.25) is 0 Å². The van der Waals surface area contributed by atoms with Crippen LogP contribution in [0, 0.1) is 6.92 Å². The highest BCUT2D eigenvalue weighted by Gasteiger charge is 2.06. The summed E-state index contributed by atoms with van der Waals surface area (Å²) in [5.41, 5.74) is 4.46. The van der Waals surface area contributed by atoms with Crippen molar-refractivity contribution < 1.29 is 4.74 Å². The predicted octanol–water partition coefficient (Wildman–Crippen LogP) is 3.46. The van der Waals surface area contributed by atoms with Gasteiger partial charge in [-0.1, -0.05) is 12.1 Å². The lowest BCUT2D eigenvalue weighted by Gasteiger charge is -2.08. The molecule has 1 aromatic carbocycles. The summed E-state index contributed by atoms with van der Waals surface area (Å²) < 4.78 is 7.96. The van der Waals surface area contributed by atoms with Crippen molar-refractivity contribution >= 4 is 11.0 Å². The van der Waals surface area contributed by atoms with Gasteiger partial charge in [-0.25, -0.2) is 0 Å². The fourth-order valence-electron chi connectivity index (χ4n) is 2.21. The molecule has 0 aliphatic carbocycles. The Morgan fingerprint density at radius 1 is 1.16 bits per heavy atom. The van der Waals surface area contributed by atoms with Crippen molar-refractivity contribution in [2.24, 2.45) is 7.05 Å². The number of rotatable bonds is 3. The molecule has 0 saturated heterocycles. The fraction of sp³-hybridized carbons (Fsp3) is 0.188. The zero-order chi connectivity index (χ0) is 13.2. The summed E-state index contributed by atoms with van der Waals surface area (Å²) in [6, 6.07) is 14.2. The number of aromatic nitrogens is 2. The van der Waals surface area contributed by atoms with Gasteiger partial charge < -0.3 is 9.30 Å². The zero-order valence-electron chi connectivity index (χ0n) is 11.1. The Bertz CT molecular complexity index is 716. The first kappa shape index (κ1) is 11.8. The number of hydrogen-bond acceptors (Lipinski definition) is 2. The van der Waals surface area contributed by atoms with Crippen LogP contribution in [-0.2, 0) is 13.7 Å². The van der Waals surface area contributed by atoms with Gasteiger partial charge in [-0.2, -0.15) is 0 Å². The van der Waals surface area contributed by atoms with Gasteiger partial charge >= 0.3 is 0 Å². The van der Waals surface area contributed by atoms with Crippen LogP contribution in [0.5, 0.6) is 5.75 Å². The van der Waals surface area contributed by atoms with Crippen LogP contribution in [0.4, 0.5) is 0 Å². The molecule has 0 amide bonds. The van der Waals surface area contributed by atoms with Gasteiger partial charge in [-0.3, -0.25) is 4.98 Å².